The number of nitrogens with zero attached hydrogens (tertiary/aromatic N) is 1. The highest BCUT2D eigenvalue weighted by molar-refractivity contribution is 7.09. The number of H-pyrrole nitrogens is 1. The van der Waals surface area contributed by atoms with Crippen molar-refractivity contribution in [2.45, 2.75) is 19.4 Å². The molecule has 1 aromatic carbocycles. The Hall–Kier alpha value is -2.67. The van der Waals surface area contributed by atoms with Gasteiger partial charge in [-0.05, 0) is 30.0 Å². The molecule has 2 aromatic heterocycles. The zero-order chi connectivity index (χ0) is 16.9. The molecule has 0 aliphatic heterocycles. The second-order valence-corrected chi connectivity index (χ2v) is 6.39. The van der Waals surface area contributed by atoms with E-state index in [0.717, 1.165) is 0 Å². The number of amides is 1. The largest absolute Gasteiger partial charge is 0.354 e. The molecular weight excluding hydrogens is 326 g/mol. The number of aryl methyl sites for hydroxylation is 1. The Balaban J connectivity index is 1.63. The van der Waals surface area contributed by atoms with Crippen molar-refractivity contribution in [3.8, 4) is 0 Å². The predicted octanol–water partition coefficient (Wildman–Crippen LogP) is 1.50. The number of carbonyl (C=O) groups excluding carboxylic acids is 1. The van der Waals surface area contributed by atoms with E-state index in [4.69, 9.17) is 0 Å². The molecule has 3 rings (SSSR count). The molecule has 2 heterocycles. The molecule has 0 unspecified atom stereocenters. The molecule has 2 N–H and O–H groups in total. The van der Waals surface area contributed by atoms with Gasteiger partial charge < -0.3 is 14.9 Å². The minimum absolute atomic E-state index is 0.0643. The second kappa shape index (κ2) is 7.27. The average Bonchev–Trinajstić information content (AvgIpc) is 3.10. The van der Waals surface area contributed by atoms with Crippen LogP contribution in [0.2, 0.25) is 0 Å². The summed E-state index contributed by atoms with van der Waals surface area (Å²) in [6.07, 6.45) is 1.11. The van der Waals surface area contributed by atoms with Gasteiger partial charge in [-0.25, -0.2) is 0 Å². The molecular formula is C17H17N3O3S. The molecule has 7 heteroatoms. The first kappa shape index (κ1) is 16.2. The number of para-hydroxylation sites is 2. The molecule has 24 heavy (non-hydrogen) atoms. The number of benzene rings is 1. The fraction of sp³-hybridized carbons (Fsp3) is 0.235. The van der Waals surface area contributed by atoms with E-state index >= 15 is 0 Å². The first-order valence-corrected chi connectivity index (χ1v) is 8.54. The van der Waals surface area contributed by atoms with Crippen molar-refractivity contribution in [3.05, 3.63) is 67.4 Å². The van der Waals surface area contributed by atoms with Crippen LogP contribution in [0.25, 0.3) is 11.0 Å². The van der Waals surface area contributed by atoms with Crippen LogP contribution in [0.1, 0.15) is 11.3 Å². The molecule has 0 atom stereocenters. The Morgan fingerprint density at radius 3 is 2.79 bits per heavy atom. The quantitative estimate of drug-likeness (QED) is 0.665. The zero-order valence-corrected chi connectivity index (χ0v) is 13.8. The number of fused-ring (bicyclic) bond motifs is 1. The van der Waals surface area contributed by atoms with Crippen LogP contribution < -0.4 is 16.4 Å². The number of nitrogens with one attached hydrogen (secondary N) is 2. The summed E-state index contributed by atoms with van der Waals surface area (Å²) < 4.78 is 1.40. The van der Waals surface area contributed by atoms with Crippen molar-refractivity contribution in [1.29, 1.82) is 0 Å². The number of thiophene rings is 1. The van der Waals surface area contributed by atoms with Crippen molar-refractivity contribution >= 4 is 28.3 Å². The van der Waals surface area contributed by atoms with Gasteiger partial charge in [0.05, 0.1) is 11.0 Å². The summed E-state index contributed by atoms with van der Waals surface area (Å²) in [5, 5.41) is 4.78. The van der Waals surface area contributed by atoms with E-state index in [9.17, 15) is 14.4 Å². The molecule has 0 fully saturated rings. The van der Waals surface area contributed by atoms with Crippen LogP contribution in [0.3, 0.4) is 0 Å². The van der Waals surface area contributed by atoms with E-state index in [2.05, 4.69) is 10.3 Å². The van der Waals surface area contributed by atoms with E-state index in [1.54, 1.807) is 35.6 Å². The van der Waals surface area contributed by atoms with Crippen LogP contribution in [0.5, 0.6) is 0 Å². The highest BCUT2D eigenvalue weighted by Crippen LogP contribution is 2.10. The summed E-state index contributed by atoms with van der Waals surface area (Å²) in [4.78, 5) is 39.4. The van der Waals surface area contributed by atoms with Crippen LogP contribution in [0, 0.1) is 0 Å². The summed E-state index contributed by atoms with van der Waals surface area (Å²) in [7, 11) is 0. The second-order valence-electron chi connectivity index (χ2n) is 5.36. The number of rotatable bonds is 6. The third kappa shape index (κ3) is 3.62. The number of hydrogen-bond donors (Lipinski definition) is 2. The van der Waals surface area contributed by atoms with E-state index in [-0.39, 0.29) is 12.5 Å². The van der Waals surface area contributed by atoms with Crippen LogP contribution >= 0.6 is 11.3 Å². The van der Waals surface area contributed by atoms with E-state index < -0.39 is 11.1 Å². The smallest absolute Gasteiger partial charge is 0.316 e. The lowest BCUT2D eigenvalue weighted by atomic mass is 10.2. The molecule has 0 saturated carbocycles. The highest BCUT2D eigenvalue weighted by Gasteiger charge is 2.08. The van der Waals surface area contributed by atoms with Gasteiger partial charge >= 0.3 is 11.1 Å². The van der Waals surface area contributed by atoms with Crippen molar-refractivity contribution in [2.24, 2.45) is 0 Å². The van der Waals surface area contributed by atoms with Gasteiger partial charge in [-0.2, -0.15) is 0 Å². The summed E-state index contributed by atoms with van der Waals surface area (Å²) in [5.41, 5.74) is -0.0136. The molecule has 1 amide bonds. The lowest BCUT2D eigenvalue weighted by Gasteiger charge is -2.10. The van der Waals surface area contributed by atoms with E-state index in [1.165, 1.54) is 9.44 Å². The van der Waals surface area contributed by atoms with Crippen LogP contribution in [-0.4, -0.2) is 22.0 Å². The van der Waals surface area contributed by atoms with Crippen molar-refractivity contribution in [1.82, 2.24) is 14.9 Å². The van der Waals surface area contributed by atoms with E-state index in [0.29, 0.717) is 30.4 Å². The van der Waals surface area contributed by atoms with Gasteiger partial charge in [0.2, 0.25) is 5.91 Å². The Morgan fingerprint density at radius 1 is 1.17 bits per heavy atom. The lowest BCUT2D eigenvalue weighted by Crippen LogP contribution is -2.39. The van der Waals surface area contributed by atoms with Gasteiger partial charge in [0.1, 0.15) is 0 Å². The summed E-state index contributed by atoms with van der Waals surface area (Å²) in [6, 6.07) is 11.1. The summed E-state index contributed by atoms with van der Waals surface area (Å²) >= 11 is 1.63. The maximum absolute atomic E-state index is 12.0. The van der Waals surface area contributed by atoms with Gasteiger partial charge in [-0.1, -0.05) is 18.2 Å². The highest BCUT2D eigenvalue weighted by atomic mass is 32.1. The maximum Gasteiger partial charge on any atom is 0.316 e. The molecule has 0 aliphatic rings. The zero-order valence-electron chi connectivity index (χ0n) is 13.0. The Labute approximate surface area is 141 Å². The predicted molar refractivity (Wildman–Crippen MR) is 94.5 cm³/mol. The first-order valence-electron chi connectivity index (χ1n) is 7.66. The topological polar surface area (TPSA) is 84.0 Å². The molecule has 0 aliphatic carbocycles. The lowest BCUT2D eigenvalue weighted by molar-refractivity contribution is -0.121. The molecule has 0 saturated heterocycles. The normalized spacial score (nSPS) is 10.8. The van der Waals surface area contributed by atoms with Crippen LogP contribution in [0.4, 0.5) is 0 Å². The third-order valence-corrected chi connectivity index (χ3v) is 4.65. The van der Waals surface area contributed by atoms with Gasteiger partial charge in [-0.3, -0.25) is 14.4 Å². The Bertz CT molecular complexity index is 957. The minimum Gasteiger partial charge on any atom is -0.354 e. The Morgan fingerprint density at radius 2 is 2.00 bits per heavy atom. The minimum atomic E-state index is -0.655. The Kier molecular flexibility index (Phi) is 4.90. The van der Waals surface area contributed by atoms with Gasteiger partial charge in [0.15, 0.2) is 0 Å². The van der Waals surface area contributed by atoms with E-state index in [1.807, 2.05) is 17.5 Å². The van der Waals surface area contributed by atoms with Crippen molar-refractivity contribution in [2.75, 3.05) is 6.54 Å². The molecule has 3 aromatic rings. The number of hydrogen-bond acceptors (Lipinski definition) is 4. The van der Waals surface area contributed by atoms with Crippen LogP contribution in [-0.2, 0) is 17.8 Å². The summed E-state index contributed by atoms with van der Waals surface area (Å²) in [5.74, 6) is -0.0643. The standard InChI is InChI=1S/C17H17N3O3S/c21-15(8-7-12-4-3-11-24-12)18-9-10-20-14-6-2-1-5-13(14)19-16(22)17(20)23/h1-6,11H,7-10H2,(H,18,21)(H,19,22). The van der Waals surface area contributed by atoms with Crippen LogP contribution in [0.15, 0.2) is 51.4 Å². The molecule has 0 radical (unpaired) electrons. The maximum atomic E-state index is 12.0. The summed E-state index contributed by atoms with van der Waals surface area (Å²) in [6.45, 7) is 0.560. The fourth-order valence-corrected chi connectivity index (χ4v) is 3.24. The molecule has 0 bridgehead atoms. The number of aromatic amines is 1. The number of aromatic nitrogens is 2. The monoisotopic (exact) mass is 343 g/mol. The molecule has 6 nitrogen and oxygen atoms in total. The average molecular weight is 343 g/mol. The van der Waals surface area contributed by atoms with Gasteiger partial charge in [0, 0.05) is 24.4 Å². The van der Waals surface area contributed by atoms with Crippen molar-refractivity contribution < 1.29 is 4.79 Å². The first-order chi connectivity index (χ1) is 11.6. The number of carbonyl (C=O) groups is 1. The molecule has 0 spiro atoms. The third-order valence-electron chi connectivity index (χ3n) is 3.72. The molecule has 124 valence electrons. The van der Waals surface area contributed by atoms with Gasteiger partial charge in [0.25, 0.3) is 0 Å². The van der Waals surface area contributed by atoms with Crippen molar-refractivity contribution in [3.63, 3.8) is 0 Å². The van der Waals surface area contributed by atoms with Gasteiger partial charge in [-0.15, -0.1) is 11.3 Å². The SMILES string of the molecule is O=C(CCc1cccs1)NCCn1c(=O)c(=O)[nH]c2ccccc21. The fourth-order valence-electron chi connectivity index (χ4n) is 2.53.